The summed E-state index contributed by atoms with van der Waals surface area (Å²) >= 11 is 14.3. The number of aromatic hydroxyl groups is 1. The minimum Gasteiger partial charge on any atom is -0.504 e. The van der Waals surface area contributed by atoms with E-state index in [1.807, 2.05) is 6.08 Å². The molecular weight excluding hydrogens is 555 g/mol. The molecule has 2 aromatic rings. The van der Waals surface area contributed by atoms with Gasteiger partial charge >= 0.3 is 0 Å². The van der Waals surface area contributed by atoms with Gasteiger partial charge < -0.3 is 9.84 Å². The minimum absolute atomic E-state index is 0.0893. The fraction of sp³-hybridized carbons (Fsp3) is 0.333. The lowest BCUT2D eigenvalue weighted by atomic mass is 9.56. The molecule has 0 radical (unpaired) electrons. The highest BCUT2D eigenvalue weighted by atomic mass is 35.5. The number of carbonyl (C=O) groups excluding carboxylic acids is 4. The Morgan fingerprint density at radius 1 is 1.02 bits per heavy atom. The summed E-state index contributed by atoms with van der Waals surface area (Å²) < 4.78 is 5.31. The van der Waals surface area contributed by atoms with E-state index < -0.39 is 45.2 Å². The number of phenolic OH excluding ortho intramolecular Hbond substituents is 1. The molecule has 4 amide bonds. The molecule has 6 atom stereocenters. The highest BCUT2D eigenvalue weighted by Crippen LogP contribution is 2.65. The molecule has 2 heterocycles. The fourth-order valence-electron chi connectivity index (χ4n) is 7.01. The van der Waals surface area contributed by atoms with Crippen LogP contribution < -0.4 is 9.64 Å². The molecule has 206 valence electrons. The number of rotatable bonds is 4. The SMILES string of the molecule is C=Cc1ccc(N2C(=O)C3CC=C4C(CC5(Cl)C(=O)N(C)C(=O)C5(Cl)C4c4ccc(O)c(OC)c4)C3C2=O)cc1. The van der Waals surface area contributed by atoms with E-state index in [4.69, 9.17) is 27.9 Å². The van der Waals surface area contributed by atoms with Gasteiger partial charge in [-0.05, 0) is 54.2 Å². The molecule has 0 aromatic heterocycles. The van der Waals surface area contributed by atoms with Crippen LogP contribution in [0.1, 0.15) is 29.9 Å². The average molecular weight is 581 g/mol. The Morgan fingerprint density at radius 3 is 2.38 bits per heavy atom. The maximum Gasteiger partial charge on any atom is 0.253 e. The van der Waals surface area contributed by atoms with Gasteiger partial charge in [-0.3, -0.25) is 29.0 Å². The second-order valence-electron chi connectivity index (χ2n) is 10.7. The Bertz CT molecular complexity index is 1540. The second kappa shape index (κ2) is 8.94. The number of likely N-dealkylation sites (tertiary alicyclic amines) is 1. The number of nitrogens with zero attached hydrogens (tertiary/aromatic N) is 2. The summed E-state index contributed by atoms with van der Waals surface area (Å²) in [5.41, 5.74) is 2.46. The molecule has 1 saturated carbocycles. The first-order valence-corrected chi connectivity index (χ1v) is 13.6. The summed E-state index contributed by atoms with van der Waals surface area (Å²) in [6.07, 6.45) is 3.70. The number of anilines is 1. The molecule has 2 aliphatic carbocycles. The van der Waals surface area contributed by atoms with Crippen molar-refractivity contribution in [1.29, 1.82) is 0 Å². The Morgan fingerprint density at radius 2 is 1.73 bits per heavy atom. The number of imide groups is 2. The first kappa shape index (κ1) is 26.6. The largest absolute Gasteiger partial charge is 0.504 e. The maximum atomic E-state index is 14.0. The molecule has 6 unspecified atom stereocenters. The van der Waals surface area contributed by atoms with E-state index >= 15 is 0 Å². The number of benzene rings is 2. The molecule has 6 rings (SSSR count). The Labute approximate surface area is 240 Å². The third-order valence-corrected chi connectivity index (χ3v) is 10.4. The lowest BCUT2D eigenvalue weighted by molar-refractivity contribution is -0.138. The van der Waals surface area contributed by atoms with E-state index in [9.17, 15) is 24.3 Å². The summed E-state index contributed by atoms with van der Waals surface area (Å²) in [6.45, 7) is 3.74. The Balaban J connectivity index is 1.50. The van der Waals surface area contributed by atoms with Crippen LogP contribution in [-0.4, -0.2) is 57.5 Å². The molecule has 0 bridgehead atoms. The van der Waals surface area contributed by atoms with E-state index in [1.54, 1.807) is 42.5 Å². The first-order chi connectivity index (χ1) is 19.0. The van der Waals surface area contributed by atoms with Crippen LogP contribution in [0.15, 0.2) is 60.7 Å². The van der Waals surface area contributed by atoms with Gasteiger partial charge in [0.1, 0.15) is 0 Å². The maximum absolute atomic E-state index is 14.0. The molecule has 1 N–H and O–H groups in total. The highest BCUT2D eigenvalue weighted by molar-refractivity contribution is 6.53. The molecule has 4 aliphatic rings. The third kappa shape index (κ3) is 3.26. The summed E-state index contributed by atoms with van der Waals surface area (Å²) in [5, 5.41) is 10.2. The number of hydrogen-bond donors (Lipinski definition) is 1. The summed E-state index contributed by atoms with van der Waals surface area (Å²) in [5.74, 6) is -4.97. The van der Waals surface area contributed by atoms with Gasteiger partial charge in [0.15, 0.2) is 21.2 Å². The monoisotopic (exact) mass is 580 g/mol. The van der Waals surface area contributed by atoms with Crippen molar-refractivity contribution in [2.75, 3.05) is 19.1 Å². The fourth-order valence-corrected chi connectivity index (χ4v) is 8.03. The number of ether oxygens (including phenoxy) is 1. The van der Waals surface area contributed by atoms with Crippen molar-refractivity contribution in [3.8, 4) is 11.5 Å². The summed E-state index contributed by atoms with van der Waals surface area (Å²) in [7, 11) is 2.73. The van der Waals surface area contributed by atoms with E-state index in [0.29, 0.717) is 16.8 Å². The molecule has 10 heteroatoms. The van der Waals surface area contributed by atoms with Gasteiger partial charge in [-0.25, -0.2) is 0 Å². The number of phenols is 1. The van der Waals surface area contributed by atoms with E-state index in [2.05, 4.69) is 6.58 Å². The van der Waals surface area contributed by atoms with E-state index in [1.165, 1.54) is 25.1 Å². The zero-order valence-corrected chi connectivity index (χ0v) is 23.3. The summed E-state index contributed by atoms with van der Waals surface area (Å²) in [4.78, 5) is 53.1. The van der Waals surface area contributed by atoms with Crippen molar-refractivity contribution in [3.63, 3.8) is 0 Å². The predicted molar refractivity (Wildman–Crippen MR) is 149 cm³/mol. The van der Waals surface area contributed by atoms with Gasteiger partial charge in [0.05, 0.1) is 24.6 Å². The van der Waals surface area contributed by atoms with Gasteiger partial charge in [0.25, 0.3) is 11.8 Å². The van der Waals surface area contributed by atoms with Crippen molar-refractivity contribution < 1.29 is 29.0 Å². The zero-order chi connectivity index (χ0) is 28.7. The molecule has 2 aliphatic heterocycles. The molecule has 2 aromatic carbocycles. The van der Waals surface area contributed by atoms with Gasteiger partial charge in [-0.1, -0.05) is 42.5 Å². The zero-order valence-electron chi connectivity index (χ0n) is 21.8. The molecular formula is C30H26Cl2N2O6. The average Bonchev–Trinajstić information content (AvgIpc) is 3.28. The molecule has 0 spiro atoms. The van der Waals surface area contributed by atoms with Crippen molar-refractivity contribution in [2.45, 2.75) is 28.5 Å². The van der Waals surface area contributed by atoms with Crippen LogP contribution in [0, 0.1) is 17.8 Å². The molecule has 40 heavy (non-hydrogen) atoms. The van der Waals surface area contributed by atoms with Crippen LogP contribution in [0.4, 0.5) is 5.69 Å². The van der Waals surface area contributed by atoms with Crippen molar-refractivity contribution >= 4 is 58.6 Å². The van der Waals surface area contributed by atoms with Crippen molar-refractivity contribution in [2.24, 2.45) is 17.8 Å². The number of amides is 4. The number of hydrogen-bond acceptors (Lipinski definition) is 6. The lowest BCUT2D eigenvalue weighted by Crippen LogP contribution is -2.60. The van der Waals surface area contributed by atoms with E-state index in [-0.39, 0.29) is 36.2 Å². The quantitative estimate of drug-likeness (QED) is 0.329. The molecule has 3 fully saturated rings. The smallest absolute Gasteiger partial charge is 0.253 e. The predicted octanol–water partition coefficient (Wildman–Crippen LogP) is 4.24. The van der Waals surface area contributed by atoms with Crippen LogP contribution in [-0.2, 0) is 19.2 Å². The standard InChI is InChI=1S/C30H26Cl2N2O6/c1-4-15-5-8-17(9-6-15)34-25(36)19-11-10-18-20(23(19)26(34)37)14-29(31)27(38)33(2)28(39)30(29,32)24(18)16-7-12-21(35)22(13-16)40-3/h4-10,12-13,19-20,23-24,35H,1,11,14H2,2-3H3. The third-order valence-electron chi connectivity index (χ3n) is 8.94. The number of carbonyl (C=O) groups is 4. The highest BCUT2D eigenvalue weighted by Gasteiger charge is 2.75. The number of methoxy groups -OCH3 is 1. The van der Waals surface area contributed by atoms with Gasteiger partial charge in [-0.2, -0.15) is 0 Å². The summed E-state index contributed by atoms with van der Waals surface area (Å²) in [6, 6.07) is 11.5. The second-order valence-corrected chi connectivity index (χ2v) is 12.0. The topological polar surface area (TPSA) is 104 Å². The number of fused-ring (bicyclic) bond motifs is 4. The number of alkyl halides is 2. The van der Waals surface area contributed by atoms with Crippen LogP contribution >= 0.6 is 23.2 Å². The van der Waals surface area contributed by atoms with Crippen LogP contribution in [0.5, 0.6) is 11.5 Å². The lowest BCUT2D eigenvalue weighted by Gasteiger charge is -2.50. The Kier molecular flexibility index (Phi) is 5.95. The van der Waals surface area contributed by atoms with Crippen LogP contribution in [0.25, 0.3) is 6.08 Å². The van der Waals surface area contributed by atoms with Gasteiger partial charge in [0, 0.05) is 13.0 Å². The Hall–Kier alpha value is -3.62. The molecule has 2 saturated heterocycles. The van der Waals surface area contributed by atoms with Crippen LogP contribution in [0.3, 0.4) is 0 Å². The van der Waals surface area contributed by atoms with Crippen molar-refractivity contribution in [1.82, 2.24) is 4.90 Å². The number of allylic oxidation sites excluding steroid dienone is 2. The van der Waals surface area contributed by atoms with Gasteiger partial charge in [-0.15, -0.1) is 23.2 Å². The first-order valence-electron chi connectivity index (χ1n) is 12.9. The van der Waals surface area contributed by atoms with Gasteiger partial charge in [0.2, 0.25) is 11.8 Å². The van der Waals surface area contributed by atoms with E-state index in [0.717, 1.165) is 10.5 Å². The van der Waals surface area contributed by atoms with Crippen molar-refractivity contribution in [3.05, 3.63) is 71.8 Å². The molecule has 8 nitrogen and oxygen atoms in total. The van der Waals surface area contributed by atoms with Crippen LogP contribution in [0.2, 0.25) is 0 Å². The minimum atomic E-state index is -1.90. The normalized spacial score (nSPS) is 33.0. The number of halogens is 2.